The van der Waals surface area contributed by atoms with E-state index in [2.05, 4.69) is 57.3 Å². The Morgan fingerprint density at radius 1 is 1.17 bits per heavy atom. The Hall–Kier alpha value is -1.36. The van der Waals surface area contributed by atoms with Crippen LogP contribution in [0.25, 0.3) is 0 Å². The van der Waals surface area contributed by atoms with Crippen molar-refractivity contribution in [2.45, 2.75) is 31.5 Å². The van der Waals surface area contributed by atoms with E-state index < -0.39 is 0 Å². The van der Waals surface area contributed by atoms with Gasteiger partial charge in [0.15, 0.2) is 0 Å². The van der Waals surface area contributed by atoms with Gasteiger partial charge in [0.2, 0.25) is 0 Å². The van der Waals surface area contributed by atoms with Gasteiger partial charge in [0, 0.05) is 29.3 Å². The van der Waals surface area contributed by atoms with Crippen molar-refractivity contribution in [3.63, 3.8) is 0 Å². The number of aliphatic hydroxyl groups is 1. The molecule has 23 heavy (non-hydrogen) atoms. The van der Waals surface area contributed by atoms with Gasteiger partial charge in [-0.25, -0.2) is 0 Å². The summed E-state index contributed by atoms with van der Waals surface area (Å²) >= 11 is 3.49. The lowest BCUT2D eigenvalue weighted by molar-refractivity contribution is 0.0408. The maximum absolute atomic E-state index is 10.5. The summed E-state index contributed by atoms with van der Waals surface area (Å²) in [6.07, 6.45) is 0.569. The monoisotopic (exact) mass is 374 g/mol. The van der Waals surface area contributed by atoms with Gasteiger partial charge < -0.3 is 10.4 Å². The maximum atomic E-state index is 10.5. The summed E-state index contributed by atoms with van der Waals surface area (Å²) in [5.41, 5.74) is 2.35. The predicted molar refractivity (Wildman–Crippen MR) is 98.6 cm³/mol. The van der Waals surface area contributed by atoms with Crippen molar-refractivity contribution in [2.24, 2.45) is 0 Å². The summed E-state index contributed by atoms with van der Waals surface area (Å²) in [7, 11) is 0. The highest BCUT2D eigenvalue weighted by atomic mass is 79.9. The van der Waals surface area contributed by atoms with Crippen LogP contribution in [0.1, 0.15) is 24.9 Å². The fraction of sp³-hybridized carbons (Fsp3) is 0.368. The highest BCUT2D eigenvalue weighted by molar-refractivity contribution is 9.10. The standard InChI is InChI=1S/C19H23BrN2O/c1-14(15-6-3-2-4-7-15)22-11-10-18(19(23)13-22)21-17-9-5-8-16(20)12-17/h2-9,12,14,18-19,21,23H,10-11,13H2,1H3. The van der Waals surface area contributed by atoms with E-state index in [1.807, 2.05) is 30.3 Å². The molecule has 0 amide bonds. The zero-order chi connectivity index (χ0) is 16.2. The van der Waals surface area contributed by atoms with Crippen molar-refractivity contribution in [3.05, 3.63) is 64.6 Å². The number of benzene rings is 2. The maximum Gasteiger partial charge on any atom is 0.0868 e. The molecular weight excluding hydrogens is 352 g/mol. The lowest BCUT2D eigenvalue weighted by atomic mass is 9.98. The number of hydrogen-bond acceptors (Lipinski definition) is 3. The minimum absolute atomic E-state index is 0.100. The average Bonchev–Trinajstić information content (AvgIpc) is 2.57. The molecule has 2 N–H and O–H groups in total. The van der Waals surface area contributed by atoms with Crippen LogP contribution in [0.15, 0.2) is 59.1 Å². The van der Waals surface area contributed by atoms with Crippen LogP contribution in [0, 0.1) is 0 Å². The predicted octanol–water partition coefficient (Wildman–Crippen LogP) is 4.06. The molecule has 1 saturated heterocycles. The van der Waals surface area contributed by atoms with E-state index in [1.54, 1.807) is 0 Å². The molecular formula is C19H23BrN2O. The number of anilines is 1. The van der Waals surface area contributed by atoms with Crippen molar-refractivity contribution in [1.29, 1.82) is 0 Å². The number of rotatable bonds is 4. The Morgan fingerprint density at radius 2 is 1.96 bits per heavy atom. The summed E-state index contributed by atoms with van der Waals surface area (Å²) in [5, 5.41) is 14.0. The zero-order valence-corrected chi connectivity index (χ0v) is 14.9. The van der Waals surface area contributed by atoms with E-state index >= 15 is 0 Å². The van der Waals surface area contributed by atoms with E-state index in [4.69, 9.17) is 0 Å². The summed E-state index contributed by atoms with van der Waals surface area (Å²) in [6.45, 7) is 3.89. The molecule has 0 radical (unpaired) electrons. The van der Waals surface area contributed by atoms with E-state index in [0.29, 0.717) is 12.6 Å². The molecule has 3 rings (SSSR count). The highest BCUT2D eigenvalue weighted by Crippen LogP contribution is 2.26. The van der Waals surface area contributed by atoms with Gasteiger partial charge in [-0.15, -0.1) is 0 Å². The number of halogens is 1. The van der Waals surface area contributed by atoms with Crippen LogP contribution in [0.4, 0.5) is 5.69 Å². The minimum atomic E-state index is -0.367. The van der Waals surface area contributed by atoms with E-state index in [9.17, 15) is 5.11 Å². The molecule has 0 aliphatic carbocycles. The molecule has 3 nitrogen and oxygen atoms in total. The fourth-order valence-electron chi connectivity index (χ4n) is 3.21. The zero-order valence-electron chi connectivity index (χ0n) is 13.3. The number of nitrogens with zero attached hydrogens (tertiary/aromatic N) is 1. The molecule has 4 heteroatoms. The molecule has 1 aliphatic heterocycles. The minimum Gasteiger partial charge on any atom is -0.390 e. The first-order chi connectivity index (χ1) is 11.1. The Balaban J connectivity index is 1.61. The van der Waals surface area contributed by atoms with Gasteiger partial charge in [-0.2, -0.15) is 0 Å². The SMILES string of the molecule is CC(c1ccccc1)N1CCC(Nc2cccc(Br)c2)C(O)C1. The Bertz CT molecular complexity index is 634. The van der Waals surface area contributed by atoms with Gasteiger partial charge in [-0.05, 0) is 37.1 Å². The Labute approximate surface area is 146 Å². The quantitative estimate of drug-likeness (QED) is 0.846. The molecule has 1 heterocycles. The molecule has 1 fully saturated rings. The number of piperidine rings is 1. The van der Waals surface area contributed by atoms with E-state index in [1.165, 1.54) is 5.56 Å². The van der Waals surface area contributed by atoms with Crippen LogP contribution in [0.5, 0.6) is 0 Å². The van der Waals surface area contributed by atoms with Crippen LogP contribution in [0.2, 0.25) is 0 Å². The normalized spacial score (nSPS) is 23.4. The number of nitrogens with one attached hydrogen (secondary N) is 1. The summed E-state index contributed by atoms with van der Waals surface area (Å²) in [5.74, 6) is 0. The third-order valence-corrected chi connectivity index (χ3v) is 5.11. The van der Waals surface area contributed by atoms with Gasteiger partial charge in [0.1, 0.15) is 0 Å². The van der Waals surface area contributed by atoms with E-state index in [-0.39, 0.29) is 12.1 Å². The smallest absolute Gasteiger partial charge is 0.0868 e. The van der Waals surface area contributed by atoms with Gasteiger partial charge in [-0.3, -0.25) is 4.90 Å². The fourth-order valence-corrected chi connectivity index (χ4v) is 3.61. The Morgan fingerprint density at radius 3 is 2.65 bits per heavy atom. The third-order valence-electron chi connectivity index (χ3n) is 4.62. The number of β-amino-alcohol motifs (C(OH)–C–C–N with tert-alkyl or cyclic N) is 1. The molecule has 0 spiro atoms. The molecule has 2 aromatic rings. The first kappa shape index (κ1) is 16.5. The molecule has 122 valence electrons. The number of hydrogen-bond donors (Lipinski definition) is 2. The molecule has 0 saturated carbocycles. The third kappa shape index (κ3) is 4.14. The lowest BCUT2D eigenvalue weighted by Crippen LogP contribution is -2.50. The molecule has 0 bridgehead atoms. The molecule has 3 atom stereocenters. The number of aliphatic hydroxyl groups excluding tert-OH is 1. The van der Waals surface area contributed by atoms with Crippen molar-refractivity contribution < 1.29 is 5.11 Å². The molecule has 3 unspecified atom stereocenters. The van der Waals surface area contributed by atoms with Crippen molar-refractivity contribution in [2.75, 3.05) is 18.4 Å². The second-order valence-electron chi connectivity index (χ2n) is 6.20. The highest BCUT2D eigenvalue weighted by Gasteiger charge is 2.30. The van der Waals surface area contributed by atoms with Crippen molar-refractivity contribution in [3.8, 4) is 0 Å². The van der Waals surface area contributed by atoms with Crippen LogP contribution >= 0.6 is 15.9 Å². The van der Waals surface area contributed by atoms with Crippen LogP contribution in [-0.2, 0) is 0 Å². The summed E-state index contributed by atoms with van der Waals surface area (Å²) in [6, 6.07) is 19.0. The first-order valence-electron chi connectivity index (χ1n) is 8.12. The average molecular weight is 375 g/mol. The number of likely N-dealkylation sites (tertiary alicyclic amines) is 1. The lowest BCUT2D eigenvalue weighted by Gasteiger charge is -2.40. The Kier molecular flexibility index (Phi) is 5.36. The first-order valence-corrected chi connectivity index (χ1v) is 8.92. The van der Waals surface area contributed by atoms with Crippen LogP contribution in [0.3, 0.4) is 0 Å². The molecule has 0 aromatic heterocycles. The van der Waals surface area contributed by atoms with Crippen molar-refractivity contribution >= 4 is 21.6 Å². The molecule has 1 aliphatic rings. The van der Waals surface area contributed by atoms with Gasteiger partial charge in [0.25, 0.3) is 0 Å². The summed E-state index contributed by atoms with van der Waals surface area (Å²) < 4.78 is 1.05. The second kappa shape index (κ2) is 7.47. The van der Waals surface area contributed by atoms with Gasteiger partial charge in [0.05, 0.1) is 12.1 Å². The van der Waals surface area contributed by atoms with Gasteiger partial charge in [-0.1, -0.05) is 52.3 Å². The van der Waals surface area contributed by atoms with E-state index in [0.717, 1.165) is 23.1 Å². The van der Waals surface area contributed by atoms with Crippen LogP contribution < -0.4 is 5.32 Å². The second-order valence-corrected chi connectivity index (χ2v) is 7.11. The van der Waals surface area contributed by atoms with Gasteiger partial charge >= 0.3 is 0 Å². The topological polar surface area (TPSA) is 35.5 Å². The summed E-state index contributed by atoms with van der Waals surface area (Å²) in [4.78, 5) is 2.36. The van der Waals surface area contributed by atoms with Crippen molar-refractivity contribution in [1.82, 2.24) is 4.90 Å². The molecule has 2 aromatic carbocycles. The van der Waals surface area contributed by atoms with Crippen LogP contribution in [-0.4, -0.2) is 35.2 Å². The largest absolute Gasteiger partial charge is 0.390 e.